The van der Waals surface area contributed by atoms with Crippen molar-refractivity contribution in [1.82, 2.24) is 0 Å². The van der Waals surface area contributed by atoms with Gasteiger partial charge >= 0.3 is 0 Å². The average Bonchev–Trinajstić information content (AvgIpc) is 2.42. The Hall–Kier alpha value is -1.56. The number of halogens is 1. The Labute approximate surface area is 126 Å². The maximum Gasteiger partial charge on any atom is 0.265 e. The van der Waals surface area contributed by atoms with Crippen molar-refractivity contribution >= 4 is 34.2 Å². The van der Waals surface area contributed by atoms with Crippen molar-refractivity contribution in [2.75, 3.05) is 5.32 Å². The van der Waals surface area contributed by atoms with Gasteiger partial charge in [0.2, 0.25) is 0 Å². The van der Waals surface area contributed by atoms with Crippen LogP contribution >= 0.6 is 22.6 Å². The molecular formula is C15H14INO2. The van der Waals surface area contributed by atoms with Crippen molar-refractivity contribution < 1.29 is 9.53 Å². The highest BCUT2D eigenvalue weighted by molar-refractivity contribution is 14.1. The molecule has 0 aliphatic rings. The minimum Gasteiger partial charge on any atom is -0.481 e. The SMILES string of the molecule is C[C@@H](Oc1ccccc1)C(=O)Nc1ccccc1I. The standard InChI is InChI=1S/C15H14INO2/c1-11(19-12-7-3-2-4-8-12)15(18)17-14-10-6-5-9-13(14)16/h2-11H,1H3,(H,17,18)/t11-/m1/s1. The minimum atomic E-state index is -0.543. The van der Waals surface area contributed by atoms with Gasteiger partial charge in [0.25, 0.3) is 5.91 Å². The molecule has 0 spiro atoms. The third kappa shape index (κ3) is 3.96. The third-order valence-electron chi connectivity index (χ3n) is 2.56. The number of para-hydroxylation sites is 2. The van der Waals surface area contributed by atoms with Crippen molar-refractivity contribution in [3.05, 3.63) is 58.2 Å². The summed E-state index contributed by atoms with van der Waals surface area (Å²) in [5.74, 6) is 0.529. The van der Waals surface area contributed by atoms with Gasteiger partial charge in [-0.05, 0) is 53.8 Å². The van der Waals surface area contributed by atoms with Gasteiger partial charge in [0.15, 0.2) is 6.10 Å². The molecule has 4 heteroatoms. The van der Waals surface area contributed by atoms with Crippen LogP contribution < -0.4 is 10.1 Å². The van der Waals surface area contributed by atoms with Crippen molar-refractivity contribution in [1.29, 1.82) is 0 Å². The maximum atomic E-state index is 12.0. The molecule has 0 fully saturated rings. The summed E-state index contributed by atoms with van der Waals surface area (Å²) in [6.07, 6.45) is -0.543. The first kappa shape index (κ1) is 13.9. The van der Waals surface area contributed by atoms with Gasteiger partial charge in [-0.15, -0.1) is 0 Å². The lowest BCUT2D eigenvalue weighted by Crippen LogP contribution is -2.30. The smallest absolute Gasteiger partial charge is 0.265 e. The zero-order valence-electron chi connectivity index (χ0n) is 10.5. The molecule has 3 nitrogen and oxygen atoms in total. The van der Waals surface area contributed by atoms with E-state index in [1.54, 1.807) is 6.92 Å². The molecule has 0 radical (unpaired) electrons. The predicted octanol–water partition coefficient (Wildman–Crippen LogP) is 3.70. The molecule has 0 unspecified atom stereocenters. The van der Waals surface area contributed by atoms with E-state index in [9.17, 15) is 4.79 Å². The fourth-order valence-electron chi connectivity index (χ4n) is 1.55. The number of nitrogens with one attached hydrogen (secondary N) is 1. The topological polar surface area (TPSA) is 38.3 Å². The number of benzene rings is 2. The van der Waals surface area contributed by atoms with E-state index in [0.29, 0.717) is 5.75 Å². The van der Waals surface area contributed by atoms with Gasteiger partial charge in [0.1, 0.15) is 5.75 Å². The van der Waals surface area contributed by atoms with E-state index < -0.39 is 6.10 Å². The Balaban J connectivity index is 1.99. The van der Waals surface area contributed by atoms with E-state index in [1.807, 2.05) is 54.6 Å². The lowest BCUT2D eigenvalue weighted by Gasteiger charge is -2.15. The number of anilines is 1. The summed E-state index contributed by atoms with van der Waals surface area (Å²) in [6, 6.07) is 17.0. The summed E-state index contributed by atoms with van der Waals surface area (Å²) in [5, 5.41) is 2.86. The van der Waals surface area contributed by atoms with Gasteiger partial charge in [-0.25, -0.2) is 0 Å². The highest BCUT2D eigenvalue weighted by Crippen LogP contribution is 2.18. The van der Waals surface area contributed by atoms with Gasteiger partial charge in [-0.3, -0.25) is 4.79 Å². The second kappa shape index (κ2) is 6.56. The minimum absolute atomic E-state index is 0.159. The molecule has 0 saturated carbocycles. The van der Waals surface area contributed by atoms with Crippen LogP contribution in [-0.2, 0) is 4.79 Å². The normalized spacial score (nSPS) is 11.7. The summed E-state index contributed by atoms with van der Waals surface area (Å²) in [5.41, 5.74) is 0.802. The van der Waals surface area contributed by atoms with E-state index >= 15 is 0 Å². The molecule has 19 heavy (non-hydrogen) atoms. The maximum absolute atomic E-state index is 12.0. The number of rotatable bonds is 4. The molecule has 0 aromatic heterocycles. The quantitative estimate of drug-likeness (QED) is 0.837. The van der Waals surface area contributed by atoms with E-state index in [-0.39, 0.29) is 5.91 Å². The second-order valence-electron chi connectivity index (χ2n) is 4.04. The van der Waals surface area contributed by atoms with Crippen LogP contribution in [0.3, 0.4) is 0 Å². The molecule has 0 heterocycles. The lowest BCUT2D eigenvalue weighted by molar-refractivity contribution is -0.122. The molecule has 0 saturated heterocycles. The zero-order chi connectivity index (χ0) is 13.7. The van der Waals surface area contributed by atoms with E-state index in [4.69, 9.17) is 4.74 Å². The second-order valence-corrected chi connectivity index (χ2v) is 5.20. The first-order valence-corrected chi connectivity index (χ1v) is 7.02. The number of carbonyl (C=O) groups is 1. The van der Waals surface area contributed by atoms with E-state index in [2.05, 4.69) is 27.9 Å². The largest absolute Gasteiger partial charge is 0.481 e. The Kier molecular flexibility index (Phi) is 4.79. The Morgan fingerprint density at radius 2 is 1.74 bits per heavy atom. The molecule has 1 amide bonds. The highest BCUT2D eigenvalue weighted by Gasteiger charge is 2.15. The summed E-state index contributed by atoms with van der Waals surface area (Å²) in [4.78, 5) is 12.0. The van der Waals surface area contributed by atoms with E-state index in [0.717, 1.165) is 9.26 Å². The molecule has 0 aliphatic carbocycles. The number of ether oxygens (including phenoxy) is 1. The van der Waals surface area contributed by atoms with Crippen molar-refractivity contribution in [2.24, 2.45) is 0 Å². The zero-order valence-corrected chi connectivity index (χ0v) is 12.6. The van der Waals surface area contributed by atoms with Gasteiger partial charge in [0.05, 0.1) is 5.69 Å². The Morgan fingerprint density at radius 1 is 1.11 bits per heavy atom. The molecule has 98 valence electrons. The molecule has 1 N–H and O–H groups in total. The van der Waals surface area contributed by atoms with Crippen LogP contribution in [-0.4, -0.2) is 12.0 Å². The Morgan fingerprint density at radius 3 is 2.42 bits per heavy atom. The first-order chi connectivity index (χ1) is 9.16. The van der Waals surface area contributed by atoms with Gasteiger partial charge in [0, 0.05) is 3.57 Å². The predicted molar refractivity (Wildman–Crippen MR) is 84.3 cm³/mol. The van der Waals surface area contributed by atoms with Crippen LogP contribution in [0.5, 0.6) is 5.75 Å². The Bertz CT molecular complexity index is 557. The molecule has 0 bridgehead atoms. The summed E-state index contributed by atoms with van der Waals surface area (Å²) < 4.78 is 6.57. The van der Waals surface area contributed by atoms with Crippen LogP contribution in [0.1, 0.15) is 6.92 Å². The van der Waals surface area contributed by atoms with Crippen molar-refractivity contribution in [2.45, 2.75) is 13.0 Å². The van der Waals surface area contributed by atoms with Crippen LogP contribution in [0, 0.1) is 3.57 Å². The fraction of sp³-hybridized carbons (Fsp3) is 0.133. The molecule has 1 atom stereocenters. The monoisotopic (exact) mass is 367 g/mol. The molecule has 2 rings (SSSR count). The molecular weight excluding hydrogens is 353 g/mol. The number of hydrogen-bond donors (Lipinski definition) is 1. The van der Waals surface area contributed by atoms with Gasteiger partial charge < -0.3 is 10.1 Å². The summed E-state index contributed by atoms with van der Waals surface area (Å²) in [7, 11) is 0. The number of amides is 1. The third-order valence-corrected chi connectivity index (χ3v) is 3.50. The summed E-state index contributed by atoms with van der Waals surface area (Å²) in [6.45, 7) is 1.73. The average molecular weight is 367 g/mol. The van der Waals surface area contributed by atoms with Crippen LogP contribution in [0.4, 0.5) is 5.69 Å². The lowest BCUT2D eigenvalue weighted by atomic mass is 10.3. The molecule has 2 aromatic carbocycles. The van der Waals surface area contributed by atoms with Crippen LogP contribution in [0.25, 0.3) is 0 Å². The molecule has 0 aliphatic heterocycles. The van der Waals surface area contributed by atoms with Gasteiger partial charge in [-0.2, -0.15) is 0 Å². The molecule has 2 aromatic rings. The fourth-order valence-corrected chi connectivity index (χ4v) is 2.08. The van der Waals surface area contributed by atoms with Crippen molar-refractivity contribution in [3.63, 3.8) is 0 Å². The number of hydrogen-bond acceptors (Lipinski definition) is 2. The summed E-state index contributed by atoms with van der Waals surface area (Å²) >= 11 is 2.19. The van der Waals surface area contributed by atoms with Crippen molar-refractivity contribution in [3.8, 4) is 5.75 Å². The van der Waals surface area contributed by atoms with Gasteiger partial charge in [-0.1, -0.05) is 30.3 Å². The van der Waals surface area contributed by atoms with Crippen LogP contribution in [0.15, 0.2) is 54.6 Å². The number of carbonyl (C=O) groups excluding carboxylic acids is 1. The highest BCUT2D eigenvalue weighted by atomic mass is 127. The van der Waals surface area contributed by atoms with E-state index in [1.165, 1.54) is 0 Å². The van der Waals surface area contributed by atoms with Crippen LogP contribution in [0.2, 0.25) is 0 Å². The first-order valence-electron chi connectivity index (χ1n) is 5.94.